The highest BCUT2D eigenvalue weighted by Gasteiger charge is 2.13. The van der Waals surface area contributed by atoms with Crippen LogP contribution in [0.4, 0.5) is 5.69 Å². The highest BCUT2D eigenvalue weighted by molar-refractivity contribution is 5.57. The van der Waals surface area contributed by atoms with Gasteiger partial charge in [-0.1, -0.05) is 6.07 Å². The lowest BCUT2D eigenvalue weighted by molar-refractivity contribution is 0.949. The number of hydrogen-bond donors (Lipinski definition) is 0. The minimum Gasteiger partial charge on any atom is -0.371 e. The lowest BCUT2D eigenvalue weighted by Gasteiger charge is -2.19. The smallest absolute Gasteiger partial charge is 0.0499 e. The number of aryl methyl sites for hydroxylation is 1. The van der Waals surface area contributed by atoms with Gasteiger partial charge in [-0.25, -0.2) is 0 Å². The fourth-order valence-corrected chi connectivity index (χ4v) is 2.54. The van der Waals surface area contributed by atoms with Gasteiger partial charge in [0, 0.05) is 36.9 Å². The summed E-state index contributed by atoms with van der Waals surface area (Å²) < 4.78 is 2.19. The van der Waals surface area contributed by atoms with Crippen molar-refractivity contribution in [3.05, 3.63) is 48.3 Å². The van der Waals surface area contributed by atoms with Crippen molar-refractivity contribution in [2.45, 2.75) is 19.8 Å². The first kappa shape index (κ1) is 10.5. The molecule has 0 bridgehead atoms. The molecule has 0 N–H and O–H groups in total. The van der Waals surface area contributed by atoms with Crippen molar-refractivity contribution in [1.82, 2.24) is 4.57 Å². The third-order valence-corrected chi connectivity index (χ3v) is 3.55. The first-order valence-corrected chi connectivity index (χ1v) is 6.33. The molecule has 17 heavy (non-hydrogen) atoms. The molecule has 2 nitrogen and oxygen atoms in total. The van der Waals surface area contributed by atoms with E-state index in [0.29, 0.717) is 0 Å². The topological polar surface area (TPSA) is 8.17 Å². The number of aromatic nitrogens is 1. The molecular weight excluding hydrogens is 208 g/mol. The van der Waals surface area contributed by atoms with E-state index < -0.39 is 0 Å². The normalized spacial score (nSPS) is 15.5. The molecule has 0 unspecified atom stereocenters. The Morgan fingerprint density at radius 1 is 1.00 bits per heavy atom. The summed E-state index contributed by atoms with van der Waals surface area (Å²) in [5.74, 6) is 0. The van der Waals surface area contributed by atoms with E-state index in [9.17, 15) is 0 Å². The minimum atomic E-state index is 1.20. The molecule has 1 aliphatic rings. The van der Waals surface area contributed by atoms with Gasteiger partial charge in [-0.15, -0.1) is 0 Å². The third kappa shape index (κ3) is 1.95. The van der Waals surface area contributed by atoms with Crippen LogP contribution in [0.3, 0.4) is 0 Å². The van der Waals surface area contributed by atoms with E-state index in [1.54, 1.807) is 0 Å². The summed E-state index contributed by atoms with van der Waals surface area (Å²) in [5, 5.41) is 0. The maximum atomic E-state index is 2.48. The lowest BCUT2D eigenvalue weighted by atomic mass is 10.1. The van der Waals surface area contributed by atoms with Gasteiger partial charge in [0.1, 0.15) is 0 Å². The van der Waals surface area contributed by atoms with Crippen molar-refractivity contribution in [3.63, 3.8) is 0 Å². The second-order valence-electron chi connectivity index (χ2n) is 4.76. The van der Waals surface area contributed by atoms with Crippen LogP contribution in [-0.4, -0.2) is 17.7 Å². The zero-order chi connectivity index (χ0) is 11.7. The Morgan fingerprint density at radius 2 is 1.71 bits per heavy atom. The maximum absolute atomic E-state index is 2.48. The number of rotatable bonds is 2. The summed E-state index contributed by atoms with van der Waals surface area (Å²) in [7, 11) is 0. The van der Waals surface area contributed by atoms with Crippen molar-refractivity contribution >= 4 is 5.69 Å². The molecule has 0 atom stereocenters. The molecule has 1 aromatic heterocycles. The molecule has 0 radical (unpaired) electrons. The average molecular weight is 226 g/mol. The van der Waals surface area contributed by atoms with E-state index in [0.717, 1.165) is 0 Å². The number of nitrogens with zero attached hydrogens (tertiary/aromatic N) is 2. The van der Waals surface area contributed by atoms with Gasteiger partial charge in [0.05, 0.1) is 0 Å². The number of hydrogen-bond acceptors (Lipinski definition) is 1. The minimum absolute atomic E-state index is 1.20. The van der Waals surface area contributed by atoms with Crippen LogP contribution >= 0.6 is 0 Å². The molecule has 0 saturated carbocycles. The Balaban J connectivity index is 2.00. The van der Waals surface area contributed by atoms with Gasteiger partial charge in [-0.2, -0.15) is 0 Å². The van der Waals surface area contributed by atoms with Crippen LogP contribution in [0, 0.1) is 6.92 Å². The molecule has 1 aliphatic heterocycles. The number of benzene rings is 1. The second-order valence-corrected chi connectivity index (χ2v) is 4.76. The summed E-state index contributed by atoms with van der Waals surface area (Å²) in [4.78, 5) is 2.48. The Bertz CT molecular complexity index is 494. The zero-order valence-corrected chi connectivity index (χ0v) is 10.3. The average Bonchev–Trinajstić information content (AvgIpc) is 3.03. The molecule has 3 rings (SSSR count). The molecule has 1 saturated heterocycles. The van der Waals surface area contributed by atoms with E-state index in [1.807, 2.05) is 0 Å². The molecule has 0 aliphatic carbocycles. The Labute approximate surface area is 102 Å². The SMILES string of the molecule is Cc1ccc(N2CCCC2)cc1-n1cccc1. The molecule has 1 fully saturated rings. The van der Waals surface area contributed by atoms with Crippen LogP contribution in [0.2, 0.25) is 0 Å². The number of anilines is 1. The molecule has 2 heterocycles. The van der Waals surface area contributed by atoms with E-state index in [-0.39, 0.29) is 0 Å². The molecule has 1 aromatic carbocycles. The van der Waals surface area contributed by atoms with Gasteiger partial charge in [0.15, 0.2) is 0 Å². The van der Waals surface area contributed by atoms with Crippen LogP contribution in [0.25, 0.3) is 5.69 Å². The Morgan fingerprint density at radius 3 is 2.41 bits per heavy atom. The fraction of sp³-hybridized carbons (Fsp3) is 0.333. The van der Waals surface area contributed by atoms with E-state index in [2.05, 4.69) is 59.1 Å². The van der Waals surface area contributed by atoms with Crippen LogP contribution in [-0.2, 0) is 0 Å². The van der Waals surface area contributed by atoms with Crippen molar-refractivity contribution in [3.8, 4) is 5.69 Å². The second kappa shape index (κ2) is 4.28. The first-order chi connectivity index (χ1) is 8.34. The van der Waals surface area contributed by atoms with Gasteiger partial charge in [0.2, 0.25) is 0 Å². The van der Waals surface area contributed by atoms with Gasteiger partial charge in [-0.05, 0) is 49.6 Å². The van der Waals surface area contributed by atoms with Crippen LogP contribution in [0.1, 0.15) is 18.4 Å². The van der Waals surface area contributed by atoms with Crippen molar-refractivity contribution in [2.24, 2.45) is 0 Å². The van der Waals surface area contributed by atoms with E-state index in [1.165, 1.54) is 42.9 Å². The van der Waals surface area contributed by atoms with Crippen molar-refractivity contribution in [2.75, 3.05) is 18.0 Å². The summed E-state index contributed by atoms with van der Waals surface area (Å²) in [6, 6.07) is 10.9. The van der Waals surface area contributed by atoms with Gasteiger partial charge < -0.3 is 9.47 Å². The van der Waals surface area contributed by atoms with Gasteiger partial charge in [0.25, 0.3) is 0 Å². The molecule has 0 spiro atoms. The van der Waals surface area contributed by atoms with E-state index in [4.69, 9.17) is 0 Å². The maximum Gasteiger partial charge on any atom is 0.0499 e. The largest absolute Gasteiger partial charge is 0.371 e. The molecule has 88 valence electrons. The first-order valence-electron chi connectivity index (χ1n) is 6.33. The Hall–Kier alpha value is -1.70. The van der Waals surface area contributed by atoms with Gasteiger partial charge in [-0.3, -0.25) is 0 Å². The van der Waals surface area contributed by atoms with Crippen LogP contribution < -0.4 is 4.90 Å². The monoisotopic (exact) mass is 226 g/mol. The highest BCUT2D eigenvalue weighted by atomic mass is 15.1. The molecule has 0 amide bonds. The summed E-state index contributed by atoms with van der Waals surface area (Å²) in [5.41, 5.74) is 3.97. The predicted octanol–water partition coefficient (Wildman–Crippen LogP) is 3.39. The standard InChI is InChI=1S/C15H18N2/c1-13-6-7-14(16-8-2-3-9-16)12-15(13)17-10-4-5-11-17/h4-7,10-12H,2-3,8-9H2,1H3. The van der Waals surface area contributed by atoms with Crippen molar-refractivity contribution in [1.29, 1.82) is 0 Å². The Kier molecular flexibility index (Phi) is 2.63. The molecule has 2 heteroatoms. The third-order valence-electron chi connectivity index (χ3n) is 3.55. The van der Waals surface area contributed by atoms with Gasteiger partial charge >= 0.3 is 0 Å². The fourth-order valence-electron chi connectivity index (χ4n) is 2.54. The quantitative estimate of drug-likeness (QED) is 0.762. The highest BCUT2D eigenvalue weighted by Crippen LogP contribution is 2.25. The molecular formula is C15H18N2. The summed E-state index contributed by atoms with van der Waals surface area (Å²) in [6.45, 7) is 4.57. The van der Waals surface area contributed by atoms with Crippen LogP contribution in [0.5, 0.6) is 0 Å². The molecule has 2 aromatic rings. The van der Waals surface area contributed by atoms with Crippen molar-refractivity contribution < 1.29 is 0 Å². The summed E-state index contributed by atoms with van der Waals surface area (Å²) in [6.07, 6.45) is 6.87. The predicted molar refractivity (Wildman–Crippen MR) is 72.0 cm³/mol. The van der Waals surface area contributed by atoms with Crippen LogP contribution in [0.15, 0.2) is 42.7 Å². The van der Waals surface area contributed by atoms with E-state index >= 15 is 0 Å². The summed E-state index contributed by atoms with van der Waals surface area (Å²) >= 11 is 0. The lowest BCUT2D eigenvalue weighted by Crippen LogP contribution is -2.17. The zero-order valence-electron chi connectivity index (χ0n) is 10.3.